The van der Waals surface area contributed by atoms with Gasteiger partial charge in [0.15, 0.2) is 0 Å². The summed E-state index contributed by atoms with van der Waals surface area (Å²) in [5, 5.41) is 0. The summed E-state index contributed by atoms with van der Waals surface area (Å²) < 4.78 is 0. The first kappa shape index (κ1) is 48.9. The summed E-state index contributed by atoms with van der Waals surface area (Å²) in [5.41, 5.74) is 0. The summed E-state index contributed by atoms with van der Waals surface area (Å²) in [5.74, 6) is 0. The zero-order chi connectivity index (χ0) is 36.7. The molecule has 1 saturated carbocycles. The van der Waals surface area contributed by atoms with Crippen molar-refractivity contribution in [2.24, 2.45) is 0 Å². The van der Waals surface area contributed by atoms with E-state index in [0.717, 1.165) is 12.1 Å². The molecule has 0 aliphatic heterocycles. The maximum absolute atomic E-state index is 2.99. The topological polar surface area (TPSA) is 6.48 Å². The molecule has 0 saturated heterocycles. The average Bonchev–Trinajstić information content (AvgIpc) is 3.15. The lowest BCUT2D eigenvalue weighted by molar-refractivity contribution is 0.103. The summed E-state index contributed by atoms with van der Waals surface area (Å²) in [6.45, 7) is 11.0. The molecule has 0 aromatic heterocycles. The van der Waals surface area contributed by atoms with E-state index in [1.807, 2.05) is 0 Å². The molecule has 1 aliphatic rings. The third kappa shape index (κ3) is 31.9. The van der Waals surface area contributed by atoms with Crippen LogP contribution in [0.4, 0.5) is 0 Å². The number of hydrogen-bond acceptors (Lipinski definition) is 2. The molecular weight excluding hydrogens is 617 g/mol. The van der Waals surface area contributed by atoms with Gasteiger partial charge >= 0.3 is 0 Å². The van der Waals surface area contributed by atoms with E-state index >= 15 is 0 Å². The minimum atomic E-state index is 0.842. The van der Waals surface area contributed by atoms with E-state index in [-0.39, 0.29) is 0 Å². The lowest BCUT2D eigenvalue weighted by Crippen LogP contribution is -2.44. The minimum absolute atomic E-state index is 0.842. The van der Waals surface area contributed by atoms with Gasteiger partial charge in [0, 0.05) is 12.1 Å². The van der Waals surface area contributed by atoms with Gasteiger partial charge in [-0.1, -0.05) is 233 Å². The SMILES string of the molecule is CCCCCCCCCCCCCCN(C)[C@H]1CC[C@@H](N(CCCCCCCCCCCCCC)CCCCCCCCCCCCCC)CC1. The second-order valence-electron chi connectivity index (χ2n) is 17.6. The van der Waals surface area contributed by atoms with Crippen LogP contribution in [0.3, 0.4) is 0 Å². The van der Waals surface area contributed by atoms with E-state index in [2.05, 4.69) is 37.6 Å². The van der Waals surface area contributed by atoms with Crippen LogP contribution in [0.2, 0.25) is 0 Å². The standard InChI is InChI=1S/C49H100N2/c1-5-8-11-14-17-20-23-26-29-32-35-38-45-50(4)48-41-43-49(44-42-48)51(46-39-36-33-30-27-24-21-18-15-12-9-6-2)47-40-37-34-31-28-25-22-19-16-13-10-7-3/h48-49H,5-47H2,1-4H3/t48-,49+. The molecule has 306 valence electrons. The molecule has 1 rings (SSSR count). The van der Waals surface area contributed by atoms with Crippen molar-refractivity contribution in [2.45, 2.75) is 290 Å². The lowest BCUT2D eigenvalue weighted by atomic mass is 9.88. The molecule has 2 heteroatoms. The molecule has 1 fully saturated rings. The Hall–Kier alpha value is -0.0800. The summed E-state index contributed by atoms with van der Waals surface area (Å²) in [4.78, 5) is 5.75. The van der Waals surface area contributed by atoms with E-state index in [1.165, 1.54) is 276 Å². The summed E-state index contributed by atoms with van der Waals surface area (Å²) in [6.07, 6.45) is 58.2. The largest absolute Gasteiger partial charge is 0.303 e. The fourth-order valence-corrected chi connectivity index (χ4v) is 9.04. The van der Waals surface area contributed by atoms with Crippen LogP contribution in [0.5, 0.6) is 0 Å². The fraction of sp³-hybridized carbons (Fsp3) is 1.00. The molecule has 0 bridgehead atoms. The Kier molecular flexibility index (Phi) is 38.0. The smallest absolute Gasteiger partial charge is 0.00964 e. The molecule has 0 heterocycles. The van der Waals surface area contributed by atoms with Crippen molar-refractivity contribution in [3.05, 3.63) is 0 Å². The highest BCUT2D eigenvalue weighted by atomic mass is 15.2. The maximum Gasteiger partial charge on any atom is 0.00964 e. The third-order valence-electron chi connectivity index (χ3n) is 12.8. The first-order valence-corrected chi connectivity index (χ1v) is 24.7. The molecule has 0 atom stereocenters. The van der Waals surface area contributed by atoms with Gasteiger partial charge in [-0.25, -0.2) is 0 Å². The van der Waals surface area contributed by atoms with Crippen LogP contribution < -0.4 is 0 Å². The van der Waals surface area contributed by atoms with E-state index in [0.29, 0.717) is 0 Å². The van der Waals surface area contributed by atoms with Crippen LogP contribution in [0.1, 0.15) is 278 Å². The predicted molar refractivity (Wildman–Crippen MR) is 233 cm³/mol. The molecule has 0 spiro atoms. The molecule has 0 N–H and O–H groups in total. The molecule has 0 aromatic carbocycles. The zero-order valence-corrected chi connectivity index (χ0v) is 36.5. The first-order chi connectivity index (χ1) is 25.2. The highest BCUT2D eigenvalue weighted by molar-refractivity contribution is 4.84. The molecule has 0 radical (unpaired) electrons. The van der Waals surface area contributed by atoms with Crippen LogP contribution in [0.15, 0.2) is 0 Å². The van der Waals surface area contributed by atoms with Gasteiger partial charge < -0.3 is 9.80 Å². The van der Waals surface area contributed by atoms with Crippen LogP contribution >= 0.6 is 0 Å². The van der Waals surface area contributed by atoms with E-state index in [1.54, 1.807) is 0 Å². The van der Waals surface area contributed by atoms with E-state index in [9.17, 15) is 0 Å². The van der Waals surface area contributed by atoms with Gasteiger partial charge in [-0.3, -0.25) is 0 Å². The van der Waals surface area contributed by atoms with Crippen molar-refractivity contribution < 1.29 is 0 Å². The maximum atomic E-state index is 2.99. The number of hydrogen-bond donors (Lipinski definition) is 0. The van der Waals surface area contributed by atoms with Crippen LogP contribution in [-0.2, 0) is 0 Å². The molecule has 0 unspecified atom stereocenters. The average molecular weight is 717 g/mol. The van der Waals surface area contributed by atoms with Crippen molar-refractivity contribution >= 4 is 0 Å². The van der Waals surface area contributed by atoms with Crippen molar-refractivity contribution in [3.8, 4) is 0 Å². The quantitative estimate of drug-likeness (QED) is 0.0581. The van der Waals surface area contributed by atoms with Crippen LogP contribution in [-0.4, -0.2) is 48.6 Å². The molecular formula is C49H100N2. The van der Waals surface area contributed by atoms with Crippen molar-refractivity contribution in [3.63, 3.8) is 0 Å². The molecule has 1 aliphatic carbocycles. The monoisotopic (exact) mass is 717 g/mol. The summed E-state index contributed by atoms with van der Waals surface area (Å²) in [6, 6.07) is 1.70. The second-order valence-corrected chi connectivity index (χ2v) is 17.6. The number of rotatable bonds is 41. The van der Waals surface area contributed by atoms with Gasteiger partial charge in [0.25, 0.3) is 0 Å². The second kappa shape index (κ2) is 39.6. The van der Waals surface area contributed by atoms with Gasteiger partial charge in [-0.2, -0.15) is 0 Å². The normalized spacial score (nSPS) is 16.6. The molecule has 51 heavy (non-hydrogen) atoms. The number of unbranched alkanes of at least 4 members (excludes halogenated alkanes) is 33. The van der Waals surface area contributed by atoms with Crippen molar-refractivity contribution in [2.75, 3.05) is 26.7 Å². The fourth-order valence-electron chi connectivity index (χ4n) is 9.04. The highest BCUT2D eigenvalue weighted by Gasteiger charge is 2.27. The Bertz CT molecular complexity index is 612. The molecule has 0 amide bonds. The zero-order valence-electron chi connectivity index (χ0n) is 36.5. The van der Waals surface area contributed by atoms with Gasteiger partial charge in [-0.05, 0) is 71.6 Å². The molecule has 2 nitrogen and oxygen atoms in total. The first-order valence-electron chi connectivity index (χ1n) is 24.7. The number of nitrogens with zero attached hydrogens (tertiary/aromatic N) is 2. The lowest BCUT2D eigenvalue weighted by Gasteiger charge is -2.40. The molecule has 0 aromatic rings. The third-order valence-corrected chi connectivity index (χ3v) is 12.8. The predicted octanol–water partition coefficient (Wildman–Crippen LogP) is 16.6. The summed E-state index contributed by atoms with van der Waals surface area (Å²) >= 11 is 0. The van der Waals surface area contributed by atoms with Gasteiger partial charge in [0.2, 0.25) is 0 Å². The van der Waals surface area contributed by atoms with E-state index in [4.69, 9.17) is 0 Å². The van der Waals surface area contributed by atoms with Crippen LogP contribution in [0, 0.1) is 0 Å². The van der Waals surface area contributed by atoms with Gasteiger partial charge in [0.1, 0.15) is 0 Å². The van der Waals surface area contributed by atoms with Crippen molar-refractivity contribution in [1.82, 2.24) is 9.80 Å². The Labute approximate surface area is 325 Å². The minimum Gasteiger partial charge on any atom is -0.303 e. The Balaban J connectivity index is 2.25. The van der Waals surface area contributed by atoms with Gasteiger partial charge in [-0.15, -0.1) is 0 Å². The summed E-state index contributed by atoms with van der Waals surface area (Å²) in [7, 11) is 2.44. The Morgan fingerprint density at radius 1 is 0.275 bits per heavy atom. The Morgan fingerprint density at radius 3 is 0.765 bits per heavy atom. The van der Waals surface area contributed by atoms with Gasteiger partial charge in [0.05, 0.1) is 0 Å². The van der Waals surface area contributed by atoms with Crippen LogP contribution in [0.25, 0.3) is 0 Å². The Morgan fingerprint density at radius 2 is 0.490 bits per heavy atom. The van der Waals surface area contributed by atoms with Crippen molar-refractivity contribution in [1.29, 1.82) is 0 Å². The van der Waals surface area contributed by atoms with E-state index < -0.39 is 0 Å². The highest BCUT2D eigenvalue weighted by Crippen LogP contribution is 2.27.